The molecule has 0 saturated carbocycles. The van der Waals surface area contributed by atoms with Gasteiger partial charge in [0.25, 0.3) is 0 Å². The molecular formula is C7H15NO5. The Hall–Kier alpha value is -1.14. The Bertz CT molecular complexity index is 154. The lowest BCUT2D eigenvalue weighted by Crippen LogP contribution is -2.24. The predicted octanol–water partition coefficient (Wildman–Crippen LogP) is 0.152. The maximum atomic E-state index is 10.3. The Morgan fingerprint density at radius 1 is 1.15 bits per heavy atom. The quantitative estimate of drug-likeness (QED) is 0.372. The van der Waals surface area contributed by atoms with Gasteiger partial charge in [0.15, 0.2) is 5.92 Å². The fourth-order valence-electron chi connectivity index (χ4n) is 0.779. The number of nitrogens with two attached hydrogens (primary N) is 1. The van der Waals surface area contributed by atoms with E-state index in [1.54, 1.807) is 13.8 Å². The highest BCUT2D eigenvalue weighted by Crippen LogP contribution is 2.11. The number of aliphatic carboxylic acids is 2. The molecule has 0 amide bonds. The van der Waals surface area contributed by atoms with Gasteiger partial charge in [0.05, 0.1) is 0 Å². The molecule has 0 unspecified atom stereocenters. The molecule has 0 saturated heterocycles. The molecule has 0 aliphatic heterocycles. The summed E-state index contributed by atoms with van der Waals surface area (Å²) in [6, 6.07) is 0. The summed E-state index contributed by atoms with van der Waals surface area (Å²) in [7, 11) is 0. The van der Waals surface area contributed by atoms with Crippen molar-refractivity contribution >= 4 is 11.9 Å². The van der Waals surface area contributed by atoms with Gasteiger partial charge >= 0.3 is 11.9 Å². The van der Waals surface area contributed by atoms with Gasteiger partial charge in [-0.3, -0.25) is 9.59 Å². The number of hydrogen-bond acceptors (Lipinski definition) is 4. The van der Waals surface area contributed by atoms with Crippen molar-refractivity contribution in [2.24, 2.45) is 17.7 Å². The largest absolute Gasteiger partial charge is 0.481 e. The van der Waals surface area contributed by atoms with Gasteiger partial charge < -0.3 is 15.4 Å². The lowest BCUT2D eigenvalue weighted by molar-refractivity contribution is -0.155. The van der Waals surface area contributed by atoms with Crippen LogP contribution in [0, 0.1) is 11.8 Å². The van der Waals surface area contributed by atoms with Crippen molar-refractivity contribution in [2.45, 2.75) is 20.3 Å². The van der Waals surface area contributed by atoms with Crippen LogP contribution < -0.4 is 5.90 Å². The maximum absolute atomic E-state index is 10.3. The monoisotopic (exact) mass is 193 g/mol. The fraction of sp³-hybridized carbons (Fsp3) is 0.714. The Kier molecular flexibility index (Phi) is 8.31. The molecule has 0 fully saturated rings. The van der Waals surface area contributed by atoms with Crippen LogP contribution in [0.1, 0.15) is 20.3 Å². The number of carboxylic acid groups (broad SMARTS) is 2. The molecule has 0 heterocycles. The van der Waals surface area contributed by atoms with Crippen molar-refractivity contribution in [3.8, 4) is 0 Å². The second-order valence-corrected chi connectivity index (χ2v) is 2.86. The minimum atomic E-state index is -1.26. The average Bonchev–Trinajstić information content (AvgIpc) is 2.03. The molecule has 0 aliphatic rings. The summed E-state index contributed by atoms with van der Waals surface area (Å²) in [4.78, 5) is 20.6. The SMILES string of the molecule is CC(C)CC(C(=O)O)C(=O)O.NO. The molecule has 0 spiro atoms. The lowest BCUT2D eigenvalue weighted by atomic mass is 9.98. The van der Waals surface area contributed by atoms with Crippen LogP contribution in [0.2, 0.25) is 0 Å². The Morgan fingerprint density at radius 3 is 1.54 bits per heavy atom. The third-order valence-electron chi connectivity index (χ3n) is 1.30. The summed E-state index contributed by atoms with van der Waals surface area (Å²) < 4.78 is 0. The molecule has 6 nitrogen and oxygen atoms in total. The van der Waals surface area contributed by atoms with Gasteiger partial charge in [-0.15, -0.1) is 0 Å². The van der Waals surface area contributed by atoms with Crippen LogP contribution in [0.15, 0.2) is 0 Å². The second kappa shape index (κ2) is 7.51. The molecule has 0 rings (SSSR count). The smallest absolute Gasteiger partial charge is 0.317 e. The third kappa shape index (κ3) is 7.23. The van der Waals surface area contributed by atoms with E-state index in [1.165, 1.54) is 0 Å². The molecule has 5 N–H and O–H groups in total. The minimum Gasteiger partial charge on any atom is -0.481 e. The minimum absolute atomic E-state index is 0.0900. The van der Waals surface area contributed by atoms with E-state index in [0.717, 1.165) is 0 Å². The molecule has 0 bridgehead atoms. The molecular weight excluding hydrogens is 178 g/mol. The van der Waals surface area contributed by atoms with Gasteiger partial charge in [-0.25, -0.2) is 5.90 Å². The zero-order chi connectivity index (χ0) is 11.0. The second-order valence-electron chi connectivity index (χ2n) is 2.86. The van der Waals surface area contributed by atoms with E-state index in [1.807, 2.05) is 0 Å². The first-order valence-corrected chi connectivity index (χ1v) is 3.66. The van der Waals surface area contributed by atoms with Crippen molar-refractivity contribution in [1.29, 1.82) is 0 Å². The molecule has 0 aromatic carbocycles. The summed E-state index contributed by atoms with van der Waals surface area (Å²) >= 11 is 0. The first-order chi connectivity index (χ1) is 5.95. The molecule has 0 atom stereocenters. The first-order valence-electron chi connectivity index (χ1n) is 3.66. The zero-order valence-electron chi connectivity index (χ0n) is 7.60. The molecule has 6 heteroatoms. The van der Waals surface area contributed by atoms with Gasteiger partial charge in [0.1, 0.15) is 0 Å². The van der Waals surface area contributed by atoms with Crippen molar-refractivity contribution in [3.63, 3.8) is 0 Å². The first kappa shape index (κ1) is 14.4. The van der Waals surface area contributed by atoms with Crippen LogP contribution in [-0.2, 0) is 9.59 Å². The third-order valence-corrected chi connectivity index (χ3v) is 1.30. The van der Waals surface area contributed by atoms with E-state index < -0.39 is 17.9 Å². The van der Waals surface area contributed by atoms with Crippen molar-refractivity contribution in [1.82, 2.24) is 0 Å². The highest BCUT2D eigenvalue weighted by Gasteiger charge is 2.26. The van der Waals surface area contributed by atoms with Crippen molar-refractivity contribution < 1.29 is 25.0 Å². The van der Waals surface area contributed by atoms with E-state index in [-0.39, 0.29) is 12.3 Å². The van der Waals surface area contributed by atoms with Crippen LogP contribution in [0.3, 0.4) is 0 Å². The molecule has 0 aromatic heterocycles. The molecule has 0 aromatic rings. The highest BCUT2D eigenvalue weighted by atomic mass is 16.4. The van der Waals surface area contributed by atoms with Gasteiger partial charge in [0, 0.05) is 0 Å². The Balaban J connectivity index is 0. The lowest BCUT2D eigenvalue weighted by Gasteiger charge is -2.08. The Labute approximate surface area is 75.9 Å². The standard InChI is InChI=1S/C7H12O4.H3NO/c1-4(2)3-5(6(8)9)7(10)11;1-2/h4-5H,3H2,1-2H3,(H,8,9)(H,10,11);2H,1H2. The van der Waals surface area contributed by atoms with Crippen LogP contribution in [0.25, 0.3) is 0 Å². The number of hydrogen-bond donors (Lipinski definition) is 4. The summed E-state index contributed by atoms with van der Waals surface area (Å²) in [6.45, 7) is 3.58. The molecule has 0 aliphatic carbocycles. The van der Waals surface area contributed by atoms with Crippen LogP contribution >= 0.6 is 0 Å². The summed E-state index contributed by atoms with van der Waals surface area (Å²) in [5.74, 6) is -0.181. The van der Waals surface area contributed by atoms with Crippen LogP contribution in [0.5, 0.6) is 0 Å². The van der Waals surface area contributed by atoms with E-state index in [9.17, 15) is 9.59 Å². The highest BCUT2D eigenvalue weighted by molar-refractivity contribution is 5.92. The van der Waals surface area contributed by atoms with Gasteiger partial charge in [0.2, 0.25) is 0 Å². The van der Waals surface area contributed by atoms with Gasteiger partial charge in [-0.2, -0.15) is 0 Å². The average molecular weight is 193 g/mol. The van der Waals surface area contributed by atoms with Crippen molar-refractivity contribution in [2.75, 3.05) is 0 Å². The van der Waals surface area contributed by atoms with E-state index in [0.29, 0.717) is 0 Å². The van der Waals surface area contributed by atoms with E-state index in [4.69, 9.17) is 15.4 Å². The van der Waals surface area contributed by atoms with Gasteiger partial charge in [-0.05, 0) is 12.3 Å². The fourth-order valence-corrected chi connectivity index (χ4v) is 0.779. The normalized spacial score (nSPS) is 9.38. The van der Waals surface area contributed by atoms with E-state index in [2.05, 4.69) is 5.90 Å². The number of carbonyl (C=O) groups is 2. The van der Waals surface area contributed by atoms with Crippen LogP contribution in [0.4, 0.5) is 0 Å². The summed E-state index contributed by atoms with van der Waals surface area (Å²) in [5.41, 5.74) is 0. The predicted molar refractivity (Wildman–Crippen MR) is 44.2 cm³/mol. The number of carboxylic acids is 2. The number of rotatable bonds is 4. The summed E-state index contributed by atoms with van der Waals surface area (Å²) in [6.07, 6.45) is 0.185. The molecule has 0 radical (unpaired) electrons. The van der Waals surface area contributed by atoms with Crippen molar-refractivity contribution in [3.05, 3.63) is 0 Å². The topological polar surface area (TPSA) is 121 Å². The maximum Gasteiger partial charge on any atom is 0.317 e. The zero-order valence-corrected chi connectivity index (χ0v) is 7.60. The molecule has 13 heavy (non-hydrogen) atoms. The summed E-state index contributed by atoms with van der Waals surface area (Å²) in [5, 5.41) is 23.3. The molecule has 78 valence electrons. The van der Waals surface area contributed by atoms with Gasteiger partial charge in [-0.1, -0.05) is 13.8 Å². The Morgan fingerprint density at radius 2 is 1.46 bits per heavy atom. The van der Waals surface area contributed by atoms with E-state index >= 15 is 0 Å². The van der Waals surface area contributed by atoms with Crippen LogP contribution in [-0.4, -0.2) is 27.4 Å².